The van der Waals surface area contributed by atoms with Gasteiger partial charge in [-0.3, -0.25) is 0 Å². The van der Waals surface area contributed by atoms with E-state index in [1.54, 1.807) is 0 Å². The smallest absolute Gasteiger partial charge is 0.0455 e. The highest BCUT2D eigenvalue weighted by Crippen LogP contribution is 2.22. The molecule has 0 aliphatic rings. The Morgan fingerprint density at radius 3 is 2.87 bits per heavy atom. The summed E-state index contributed by atoms with van der Waals surface area (Å²) in [5.41, 5.74) is 7.78. The zero-order valence-corrected chi connectivity index (χ0v) is 10.1. The molecule has 1 aromatic rings. The van der Waals surface area contributed by atoms with Gasteiger partial charge in [0.25, 0.3) is 0 Å². The topological polar surface area (TPSA) is 38.0 Å². The molecule has 1 rings (SSSR count). The highest BCUT2D eigenvalue weighted by molar-refractivity contribution is 6.31. The summed E-state index contributed by atoms with van der Waals surface area (Å²) in [5.74, 6) is 0.567. The Morgan fingerprint density at radius 2 is 2.20 bits per heavy atom. The molecule has 0 spiro atoms. The maximum atomic E-state index is 6.02. The molecule has 3 heteroatoms. The lowest BCUT2D eigenvalue weighted by atomic mass is 10.1. The molecule has 0 saturated heterocycles. The number of nitrogens with one attached hydrogen (secondary N) is 1. The molecule has 3 N–H and O–H groups in total. The van der Waals surface area contributed by atoms with Gasteiger partial charge >= 0.3 is 0 Å². The first-order chi connectivity index (χ1) is 7.15. The Hall–Kier alpha value is -0.730. The maximum Gasteiger partial charge on any atom is 0.0455 e. The summed E-state index contributed by atoms with van der Waals surface area (Å²) in [6.07, 6.45) is 1.09. The molecule has 0 amide bonds. The second kappa shape index (κ2) is 5.99. The lowest BCUT2D eigenvalue weighted by Gasteiger charge is -2.12. The SMILES string of the molecule is Cc1c(Cl)cccc1NCCC(C)CN. The second-order valence-corrected chi connectivity index (χ2v) is 4.38. The Morgan fingerprint density at radius 1 is 1.47 bits per heavy atom. The fourth-order valence-corrected chi connectivity index (χ4v) is 1.54. The normalized spacial score (nSPS) is 12.5. The first kappa shape index (κ1) is 12.3. The number of halogens is 1. The summed E-state index contributed by atoms with van der Waals surface area (Å²) in [5, 5.41) is 4.19. The highest BCUT2D eigenvalue weighted by atomic mass is 35.5. The lowest BCUT2D eigenvalue weighted by Crippen LogP contribution is -2.15. The summed E-state index contributed by atoms with van der Waals surface area (Å²) in [7, 11) is 0. The van der Waals surface area contributed by atoms with Crippen molar-refractivity contribution in [3.05, 3.63) is 28.8 Å². The van der Waals surface area contributed by atoms with Crippen LogP contribution in [0.2, 0.25) is 5.02 Å². The molecule has 0 aliphatic carbocycles. The number of rotatable bonds is 5. The molecule has 1 unspecified atom stereocenters. The third-order valence-corrected chi connectivity index (χ3v) is 3.03. The van der Waals surface area contributed by atoms with Crippen LogP contribution in [0.25, 0.3) is 0 Å². The van der Waals surface area contributed by atoms with E-state index >= 15 is 0 Å². The van der Waals surface area contributed by atoms with Crippen LogP contribution in [0.5, 0.6) is 0 Å². The van der Waals surface area contributed by atoms with Gasteiger partial charge in [0, 0.05) is 17.3 Å². The Labute approximate surface area is 96.8 Å². The maximum absolute atomic E-state index is 6.02. The van der Waals surface area contributed by atoms with E-state index in [1.165, 1.54) is 0 Å². The first-order valence-electron chi connectivity index (χ1n) is 5.34. The fourth-order valence-electron chi connectivity index (χ4n) is 1.37. The van der Waals surface area contributed by atoms with Crippen LogP contribution >= 0.6 is 11.6 Å². The lowest BCUT2D eigenvalue weighted by molar-refractivity contribution is 0.561. The van der Waals surface area contributed by atoms with E-state index in [1.807, 2.05) is 25.1 Å². The molecule has 0 bridgehead atoms. The average Bonchev–Trinajstić information content (AvgIpc) is 2.24. The van der Waals surface area contributed by atoms with Crippen LogP contribution in [-0.2, 0) is 0 Å². The summed E-state index contributed by atoms with van der Waals surface area (Å²) in [6, 6.07) is 5.92. The van der Waals surface area contributed by atoms with E-state index in [0.29, 0.717) is 5.92 Å². The largest absolute Gasteiger partial charge is 0.385 e. The first-order valence-corrected chi connectivity index (χ1v) is 5.72. The van der Waals surface area contributed by atoms with E-state index in [9.17, 15) is 0 Å². The third-order valence-electron chi connectivity index (χ3n) is 2.62. The van der Waals surface area contributed by atoms with Crippen LogP contribution in [0.1, 0.15) is 18.9 Å². The van der Waals surface area contributed by atoms with Gasteiger partial charge in [-0.1, -0.05) is 24.6 Å². The molecule has 1 aromatic carbocycles. The minimum atomic E-state index is 0.567. The molecule has 0 saturated carbocycles. The van der Waals surface area contributed by atoms with E-state index in [4.69, 9.17) is 17.3 Å². The van der Waals surface area contributed by atoms with Crippen LogP contribution in [0.15, 0.2) is 18.2 Å². The Kier molecular flexibility index (Phi) is 4.92. The van der Waals surface area contributed by atoms with Crippen LogP contribution in [-0.4, -0.2) is 13.1 Å². The van der Waals surface area contributed by atoms with Gasteiger partial charge in [0.1, 0.15) is 0 Å². The summed E-state index contributed by atoms with van der Waals surface area (Å²) >= 11 is 6.02. The number of hydrogen-bond acceptors (Lipinski definition) is 2. The van der Waals surface area contributed by atoms with Crippen LogP contribution in [0.3, 0.4) is 0 Å². The standard InChI is InChI=1S/C12H19ClN2/c1-9(8-14)6-7-15-12-5-3-4-11(13)10(12)2/h3-5,9,15H,6-8,14H2,1-2H3. The quantitative estimate of drug-likeness (QED) is 0.810. The Balaban J connectivity index is 2.47. The van der Waals surface area contributed by atoms with Crippen molar-refractivity contribution in [3.63, 3.8) is 0 Å². The summed E-state index contributed by atoms with van der Waals surface area (Å²) in [6.45, 7) is 5.87. The van der Waals surface area contributed by atoms with E-state index in [0.717, 1.165) is 35.8 Å². The van der Waals surface area contributed by atoms with Gasteiger partial charge in [-0.2, -0.15) is 0 Å². The molecule has 2 nitrogen and oxygen atoms in total. The molecule has 1 atom stereocenters. The minimum absolute atomic E-state index is 0.567. The van der Waals surface area contributed by atoms with E-state index in [2.05, 4.69) is 12.2 Å². The van der Waals surface area contributed by atoms with Gasteiger partial charge in [0.2, 0.25) is 0 Å². The molecular weight excluding hydrogens is 208 g/mol. The van der Waals surface area contributed by atoms with Crippen LogP contribution in [0, 0.1) is 12.8 Å². The highest BCUT2D eigenvalue weighted by Gasteiger charge is 2.02. The van der Waals surface area contributed by atoms with Gasteiger partial charge in [-0.25, -0.2) is 0 Å². The van der Waals surface area contributed by atoms with Crippen molar-refractivity contribution in [2.24, 2.45) is 11.7 Å². The van der Waals surface area contributed by atoms with Gasteiger partial charge in [-0.05, 0) is 43.5 Å². The average molecular weight is 227 g/mol. The molecule has 0 radical (unpaired) electrons. The minimum Gasteiger partial charge on any atom is -0.385 e. The fraction of sp³-hybridized carbons (Fsp3) is 0.500. The van der Waals surface area contributed by atoms with Crippen molar-refractivity contribution in [1.29, 1.82) is 0 Å². The van der Waals surface area contributed by atoms with Crippen LogP contribution < -0.4 is 11.1 Å². The monoisotopic (exact) mass is 226 g/mol. The van der Waals surface area contributed by atoms with Crippen LogP contribution in [0.4, 0.5) is 5.69 Å². The van der Waals surface area contributed by atoms with E-state index < -0.39 is 0 Å². The van der Waals surface area contributed by atoms with Crippen molar-refractivity contribution in [3.8, 4) is 0 Å². The number of anilines is 1. The number of hydrogen-bond donors (Lipinski definition) is 2. The number of benzene rings is 1. The van der Waals surface area contributed by atoms with Crippen molar-refractivity contribution in [1.82, 2.24) is 0 Å². The third kappa shape index (κ3) is 3.73. The number of nitrogens with two attached hydrogens (primary N) is 1. The predicted molar refractivity (Wildman–Crippen MR) is 67.5 cm³/mol. The summed E-state index contributed by atoms with van der Waals surface area (Å²) in [4.78, 5) is 0. The van der Waals surface area contributed by atoms with Crippen molar-refractivity contribution in [2.45, 2.75) is 20.3 Å². The molecule has 0 heterocycles. The zero-order chi connectivity index (χ0) is 11.3. The molecular formula is C12H19ClN2. The van der Waals surface area contributed by atoms with Crippen molar-refractivity contribution in [2.75, 3.05) is 18.4 Å². The molecule has 84 valence electrons. The molecule has 0 aromatic heterocycles. The summed E-state index contributed by atoms with van der Waals surface area (Å²) < 4.78 is 0. The Bertz CT molecular complexity index is 312. The van der Waals surface area contributed by atoms with Crippen molar-refractivity contribution < 1.29 is 0 Å². The van der Waals surface area contributed by atoms with Gasteiger partial charge < -0.3 is 11.1 Å². The second-order valence-electron chi connectivity index (χ2n) is 3.97. The molecule has 15 heavy (non-hydrogen) atoms. The van der Waals surface area contributed by atoms with Gasteiger partial charge in [0.05, 0.1) is 0 Å². The van der Waals surface area contributed by atoms with Crippen molar-refractivity contribution >= 4 is 17.3 Å². The molecule has 0 fully saturated rings. The van der Waals surface area contributed by atoms with Gasteiger partial charge in [-0.15, -0.1) is 0 Å². The molecule has 0 aliphatic heterocycles. The van der Waals surface area contributed by atoms with Gasteiger partial charge in [0.15, 0.2) is 0 Å². The predicted octanol–water partition coefficient (Wildman–Crippen LogP) is 3.05. The zero-order valence-electron chi connectivity index (χ0n) is 9.39. The van der Waals surface area contributed by atoms with E-state index in [-0.39, 0.29) is 0 Å².